The molecule has 4 nitrogen and oxygen atoms in total. The molecule has 0 heterocycles. The Morgan fingerprint density at radius 2 is 1.89 bits per heavy atom. The number of aryl methyl sites for hydroxylation is 2. The fraction of sp³-hybridized carbons (Fsp3) is 0.467. The Hall–Kier alpha value is -1.84. The first-order chi connectivity index (χ1) is 9.08. The second-order valence-electron chi connectivity index (χ2n) is 5.05. The smallest absolute Gasteiger partial charge is 0.309 e. The number of hydrogen-bond acceptors (Lipinski definition) is 3. The van der Waals surface area contributed by atoms with Crippen LogP contribution in [0.2, 0.25) is 0 Å². The number of ether oxygens (including phenoxy) is 1. The minimum atomic E-state index is -0.287. The van der Waals surface area contributed by atoms with Gasteiger partial charge in [0.25, 0.3) is 5.91 Å². The number of rotatable bonds is 4. The minimum absolute atomic E-state index is 0.00741. The standard InChI is InChI=1S/C15H19NO3/c1-10-5-3-6-11(2)14(10)16-13(17)9-19-15(18)12-7-4-8-12/h3,5-6,12H,4,7-9H2,1-2H3,(H,16,17). The third-order valence-electron chi connectivity index (χ3n) is 3.53. The molecule has 1 fully saturated rings. The van der Waals surface area contributed by atoms with E-state index in [1.165, 1.54) is 0 Å². The highest BCUT2D eigenvalue weighted by Crippen LogP contribution is 2.27. The summed E-state index contributed by atoms with van der Waals surface area (Å²) in [5.74, 6) is -0.527. The van der Waals surface area contributed by atoms with Gasteiger partial charge in [-0.3, -0.25) is 9.59 Å². The summed E-state index contributed by atoms with van der Waals surface area (Å²) in [5, 5.41) is 2.79. The predicted molar refractivity (Wildman–Crippen MR) is 72.8 cm³/mol. The molecule has 0 aliphatic heterocycles. The average molecular weight is 261 g/mol. The molecule has 1 N–H and O–H groups in total. The molecule has 102 valence electrons. The van der Waals surface area contributed by atoms with Gasteiger partial charge in [-0.15, -0.1) is 0 Å². The van der Waals surface area contributed by atoms with Crippen molar-refractivity contribution in [2.75, 3.05) is 11.9 Å². The third-order valence-corrected chi connectivity index (χ3v) is 3.53. The van der Waals surface area contributed by atoms with Crippen molar-refractivity contribution in [3.8, 4) is 0 Å². The number of hydrogen-bond donors (Lipinski definition) is 1. The van der Waals surface area contributed by atoms with Crippen LogP contribution in [0.25, 0.3) is 0 Å². The van der Waals surface area contributed by atoms with Gasteiger partial charge in [-0.05, 0) is 37.8 Å². The van der Waals surface area contributed by atoms with Gasteiger partial charge < -0.3 is 10.1 Å². The van der Waals surface area contributed by atoms with Crippen molar-refractivity contribution in [3.05, 3.63) is 29.3 Å². The summed E-state index contributed by atoms with van der Waals surface area (Å²) in [7, 11) is 0. The summed E-state index contributed by atoms with van der Waals surface area (Å²) >= 11 is 0. The lowest BCUT2D eigenvalue weighted by Crippen LogP contribution is -2.28. The first-order valence-electron chi connectivity index (χ1n) is 6.60. The van der Waals surface area contributed by atoms with E-state index in [1.807, 2.05) is 32.0 Å². The van der Waals surface area contributed by atoms with E-state index >= 15 is 0 Å². The molecule has 1 aromatic carbocycles. The van der Waals surface area contributed by atoms with Gasteiger partial charge in [-0.1, -0.05) is 24.6 Å². The molecule has 1 saturated carbocycles. The van der Waals surface area contributed by atoms with Crippen LogP contribution in [0.5, 0.6) is 0 Å². The van der Waals surface area contributed by atoms with Crippen LogP contribution in [0.15, 0.2) is 18.2 Å². The van der Waals surface area contributed by atoms with Gasteiger partial charge in [0.2, 0.25) is 0 Å². The van der Waals surface area contributed by atoms with Crippen LogP contribution in [0.3, 0.4) is 0 Å². The molecule has 0 aromatic heterocycles. The normalized spacial score (nSPS) is 14.6. The van der Waals surface area contributed by atoms with E-state index in [4.69, 9.17) is 4.74 Å². The molecule has 0 unspecified atom stereocenters. The lowest BCUT2D eigenvalue weighted by molar-refractivity contribution is -0.154. The molecule has 0 radical (unpaired) electrons. The van der Waals surface area contributed by atoms with E-state index in [1.54, 1.807) is 0 Å². The molecule has 1 aliphatic carbocycles. The number of esters is 1. The van der Waals surface area contributed by atoms with E-state index in [-0.39, 0.29) is 24.4 Å². The van der Waals surface area contributed by atoms with Crippen molar-refractivity contribution in [2.24, 2.45) is 5.92 Å². The van der Waals surface area contributed by atoms with Crippen molar-refractivity contribution < 1.29 is 14.3 Å². The van der Waals surface area contributed by atoms with Crippen molar-refractivity contribution in [2.45, 2.75) is 33.1 Å². The summed E-state index contributed by atoms with van der Waals surface area (Å²) < 4.78 is 5.01. The molecule has 0 spiro atoms. The molecule has 1 amide bonds. The maximum atomic E-state index is 11.8. The molecule has 0 saturated heterocycles. The van der Waals surface area contributed by atoms with Crippen LogP contribution >= 0.6 is 0 Å². The number of amides is 1. The van der Waals surface area contributed by atoms with Crippen molar-refractivity contribution in [1.29, 1.82) is 0 Å². The van der Waals surface area contributed by atoms with Gasteiger partial charge in [0, 0.05) is 5.69 Å². The van der Waals surface area contributed by atoms with E-state index in [0.717, 1.165) is 36.1 Å². The molecule has 1 aromatic rings. The zero-order valence-electron chi connectivity index (χ0n) is 11.4. The number of carbonyl (C=O) groups excluding carboxylic acids is 2. The zero-order valence-corrected chi connectivity index (χ0v) is 11.4. The molecule has 0 bridgehead atoms. The van der Waals surface area contributed by atoms with E-state index in [0.29, 0.717) is 0 Å². The SMILES string of the molecule is Cc1cccc(C)c1NC(=O)COC(=O)C1CCC1. The van der Waals surface area contributed by atoms with Crippen LogP contribution in [-0.2, 0) is 14.3 Å². The summed E-state index contributed by atoms with van der Waals surface area (Å²) in [4.78, 5) is 23.3. The summed E-state index contributed by atoms with van der Waals surface area (Å²) in [6.45, 7) is 3.66. The lowest BCUT2D eigenvalue weighted by Gasteiger charge is -2.22. The van der Waals surface area contributed by atoms with Gasteiger partial charge >= 0.3 is 5.97 Å². The van der Waals surface area contributed by atoms with Gasteiger partial charge in [0.1, 0.15) is 0 Å². The van der Waals surface area contributed by atoms with Crippen LogP contribution in [-0.4, -0.2) is 18.5 Å². The van der Waals surface area contributed by atoms with E-state index in [2.05, 4.69) is 5.32 Å². The number of para-hydroxylation sites is 1. The van der Waals surface area contributed by atoms with Crippen LogP contribution in [0, 0.1) is 19.8 Å². The molecule has 19 heavy (non-hydrogen) atoms. The Labute approximate surface area is 113 Å². The minimum Gasteiger partial charge on any atom is -0.455 e. The first-order valence-corrected chi connectivity index (χ1v) is 6.60. The Kier molecular flexibility index (Phi) is 4.20. The number of anilines is 1. The molecule has 0 atom stereocenters. The Balaban J connectivity index is 1.85. The van der Waals surface area contributed by atoms with Crippen LogP contribution in [0.4, 0.5) is 5.69 Å². The van der Waals surface area contributed by atoms with Gasteiger partial charge in [0.05, 0.1) is 5.92 Å². The van der Waals surface area contributed by atoms with Crippen molar-refractivity contribution >= 4 is 17.6 Å². The second kappa shape index (κ2) is 5.87. The maximum absolute atomic E-state index is 11.8. The average Bonchev–Trinajstić information content (AvgIpc) is 2.29. The largest absolute Gasteiger partial charge is 0.455 e. The van der Waals surface area contributed by atoms with Crippen molar-refractivity contribution in [1.82, 2.24) is 0 Å². The third kappa shape index (κ3) is 3.34. The zero-order chi connectivity index (χ0) is 13.8. The highest BCUT2D eigenvalue weighted by Gasteiger charge is 2.27. The molecular weight excluding hydrogens is 242 g/mol. The fourth-order valence-corrected chi connectivity index (χ4v) is 2.09. The quantitative estimate of drug-likeness (QED) is 0.847. The van der Waals surface area contributed by atoms with Crippen LogP contribution in [0.1, 0.15) is 30.4 Å². The summed E-state index contributed by atoms with van der Waals surface area (Å²) in [6.07, 6.45) is 2.85. The maximum Gasteiger partial charge on any atom is 0.309 e. The fourth-order valence-electron chi connectivity index (χ4n) is 2.09. The number of benzene rings is 1. The highest BCUT2D eigenvalue weighted by atomic mass is 16.5. The molecular formula is C15H19NO3. The number of nitrogens with one attached hydrogen (secondary N) is 1. The van der Waals surface area contributed by atoms with Crippen molar-refractivity contribution in [3.63, 3.8) is 0 Å². The van der Waals surface area contributed by atoms with Gasteiger partial charge in [-0.25, -0.2) is 0 Å². The van der Waals surface area contributed by atoms with Gasteiger partial charge in [-0.2, -0.15) is 0 Å². The van der Waals surface area contributed by atoms with E-state index < -0.39 is 0 Å². The second-order valence-corrected chi connectivity index (χ2v) is 5.05. The van der Waals surface area contributed by atoms with Gasteiger partial charge in [0.15, 0.2) is 6.61 Å². The molecule has 1 aliphatic rings. The monoisotopic (exact) mass is 261 g/mol. The topological polar surface area (TPSA) is 55.4 Å². The van der Waals surface area contributed by atoms with E-state index in [9.17, 15) is 9.59 Å². The lowest BCUT2D eigenvalue weighted by atomic mass is 9.86. The Morgan fingerprint density at radius 3 is 2.42 bits per heavy atom. The molecule has 4 heteroatoms. The summed E-state index contributed by atoms with van der Waals surface area (Å²) in [5.41, 5.74) is 2.80. The number of carbonyl (C=O) groups is 2. The van der Waals surface area contributed by atoms with Crippen LogP contribution < -0.4 is 5.32 Å². The highest BCUT2D eigenvalue weighted by molar-refractivity contribution is 5.94. The predicted octanol–water partition coefficient (Wildman–Crippen LogP) is 2.59. The summed E-state index contributed by atoms with van der Waals surface area (Å²) in [6, 6.07) is 5.81. The molecule has 2 rings (SSSR count). The Morgan fingerprint density at radius 1 is 1.26 bits per heavy atom. The first kappa shape index (κ1) is 13.6. The Bertz CT molecular complexity index is 472.